The van der Waals surface area contributed by atoms with Crippen molar-refractivity contribution in [2.24, 2.45) is 0 Å². The number of rotatable bonds is 9. The molecule has 152 valence electrons. The van der Waals surface area contributed by atoms with Gasteiger partial charge in [-0.1, -0.05) is 25.1 Å². The second-order valence-electron chi connectivity index (χ2n) is 6.72. The molecule has 6 heteroatoms. The predicted molar refractivity (Wildman–Crippen MR) is 118 cm³/mol. The van der Waals surface area contributed by atoms with E-state index in [-0.39, 0.29) is 0 Å². The Kier molecular flexibility index (Phi) is 6.89. The fourth-order valence-electron chi connectivity index (χ4n) is 3.07. The third-order valence-electron chi connectivity index (χ3n) is 4.57. The van der Waals surface area contributed by atoms with Gasteiger partial charge in [0.2, 0.25) is 0 Å². The van der Waals surface area contributed by atoms with Crippen LogP contribution in [0.25, 0.3) is 0 Å². The number of aryl methyl sites for hydroxylation is 3. The van der Waals surface area contributed by atoms with E-state index in [9.17, 15) is 0 Å². The number of nitrogens with zero attached hydrogens (tertiary/aromatic N) is 2. The lowest BCUT2D eigenvalue weighted by Crippen LogP contribution is -2.13. The highest BCUT2D eigenvalue weighted by Gasteiger charge is 2.08. The number of ether oxygens (including phenoxy) is 2. The van der Waals surface area contributed by atoms with Crippen LogP contribution in [-0.2, 0) is 6.42 Å². The Morgan fingerprint density at radius 2 is 1.66 bits per heavy atom. The molecule has 0 atom stereocenters. The van der Waals surface area contributed by atoms with Gasteiger partial charge < -0.3 is 20.1 Å². The highest BCUT2D eigenvalue weighted by Crippen LogP contribution is 2.25. The summed E-state index contributed by atoms with van der Waals surface area (Å²) in [6.45, 7) is 7.30. The number of para-hydroxylation sites is 1. The van der Waals surface area contributed by atoms with Crippen molar-refractivity contribution in [3.8, 4) is 11.5 Å². The molecule has 0 aliphatic rings. The minimum atomic E-state index is 0.524. The van der Waals surface area contributed by atoms with E-state index in [4.69, 9.17) is 9.47 Å². The van der Waals surface area contributed by atoms with Gasteiger partial charge in [-0.3, -0.25) is 0 Å². The molecule has 1 heterocycles. The van der Waals surface area contributed by atoms with Crippen LogP contribution in [0.15, 0.2) is 48.5 Å². The number of anilines is 3. The van der Waals surface area contributed by atoms with Crippen LogP contribution in [0, 0.1) is 13.8 Å². The van der Waals surface area contributed by atoms with Crippen LogP contribution < -0.4 is 20.1 Å². The number of aromatic nitrogens is 2. The summed E-state index contributed by atoms with van der Waals surface area (Å²) in [5.74, 6) is 3.87. The molecule has 0 aliphatic carbocycles. The fourth-order valence-corrected chi connectivity index (χ4v) is 3.07. The summed E-state index contributed by atoms with van der Waals surface area (Å²) in [5.41, 5.74) is 3.58. The topological polar surface area (TPSA) is 68.3 Å². The molecule has 1 aromatic heterocycles. The Labute approximate surface area is 172 Å². The zero-order valence-corrected chi connectivity index (χ0v) is 17.5. The number of methoxy groups -OCH3 is 1. The maximum Gasteiger partial charge on any atom is 0.136 e. The molecular weight excluding hydrogens is 364 g/mol. The third-order valence-corrected chi connectivity index (χ3v) is 4.57. The van der Waals surface area contributed by atoms with E-state index in [2.05, 4.69) is 52.6 Å². The lowest BCUT2D eigenvalue weighted by atomic mass is 10.1. The number of hydrogen-bond donors (Lipinski definition) is 2. The normalized spacial score (nSPS) is 10.5. The van der Waals surface area contributed by atoms with Crippen LogP contribution in [0.3, 0.4) is 0 Å². The SMILES string of the molecule is CCc1cccc(C)c1Nc1cc(NCCOc2ccc(OC)cc2)nc(C)n1. The summed E-state index contributed by atoms with van der Waals surface area (Å²) in [7, 11) is 1.65. The second kappa shape index (κ2) is 9.78. The standard InChI is InChI=1S/C23H28N4O2/c1-5-18-8-6-7-16(2)23(18)27-22-15-21(25-17(3)26-22)24-13-14-29-20-11-9-19(28-4)10-12-20/h6-12,15H,5,13-14H2,1-4H3,(H2,24,25,26,27). The first-order chi connectivity index (χ1) is 14.1. The zero-order valence-electron chi connectivity index (χ0n) is 17.5. The molecule has 0 unspecified atom stereocenters. The van der Waals surface area contributed by atoms with E-state index in [0.717, 1.165) is 35.2 Å². The molecule has 6 nitrogen and oxygen atoms in total. The third kappa shape index (κ3) is 5.60. The number of benzene rings is 2. The summed E-state index contributed by atoms with van der Waals surface area (Å²) in [4.78, 5) is 9.01. The smallest absolute Gasteiger partial charge is 0.136 e. The largest absolute Gasteiger partial charge is 0.497 e. The Bertz CT molecular complexity index is 942. The fraction of sp³-hybridized carbons (Fsp3) is 0.304. The van der Waals surface area contributed by atoms with Crippen molar-refractivity contribution in [3.63, 3.8) is 0 Å². The maximum atomic E-state index is 5.75. The summed E-state index contributed by atoms with van der Waals surface area (Å²) in [6, 6.07) is 15.8. The average molecular weight is 393 g/mol. The molecular formula is C23H28N4O2. The van der Waals surface area contributed by atoms with Gasteiger partial charge in [0, 0.05) is 11.8 Å². The Balaban J connectivity index is 1.60. The quantitative estimate of drug-likeness (QED) is 0.505. The van der Waals surface area contributed by atoms with Crippen LogP contribution in [0.5, 0.6) is 11.5 Å². The molecule has 2 aromatic carbocycles. The van der Waals surface area contributed by atoms with E-state index in [0.29, 0.717) is 19.0 Å². The summed E-state index contributed by atoms with van der Waals surface area (Å²) >= 11 is 0. The van der Waals surface area contributed by atoms with E-state index < -0.39 is 0 Å². The molecule has 0 radical (unpaired) electrons. The van der Waals surface area contributed by atoms with E-state index in [1.54, 1.807) is 7.11 Å². The zero-order chi connectivity index (χ0) is 20.6. The molecule has 29 heavy (non-hydrogen) atoms. The van der Waals surface area contributed by atoms with Crippen LogP contribution in [-0.4, -0.2) is 30.2 Å². The maximum absolute atomic E-state index is 5.75. The molecule has 0 saturated carbocycles. The van der Waals surface area contributed by atoms with E-state index in [1.807, 2.05) is 37.3 Å². The molecule has 2 N–H and O–H groups in total. The highest BCUT2D eigenvalue weighted by atomic mass is 16.5. The molecule has 0 spiro atoms. The first-order valence-corrected chi connectivity index (χ1v) is 9.81. The van der Waals surface area contributed by atoms with Gasteiger partial charge >= 0.3 is 0 Å². The second-order valence-corrected chi connectivity index (χ2v) is 6.72. The van der Waals surface area contributed by atoms with Gasteiger partial charge in [-0.05, 0) is 55.7 Å². The Morgan fingerprint density at radius 1 is 0.931 bits per heavy atom. The van der Waals surface area contributed by atoms with Gasteiger partial charge in [-0.25, -0.2) is 9.97 Å². The minimum absolute atomic E-state index is 0.524. The van der Waals surface area contributed by atoms with Crippen LogP contribution >= 0.6 is 0 Å². The highest BCUT2D eigenvalue weighted by molar-refractivity contribution is 5.66. The van der Waals surface area contributed by atoms with Crippen molar-refractivity contribution < 1.29 is 9.47 Å². The lowest BCUT2D eigenvalue weighted by molar-refractivity contribution is 0.331. The molecule has 0 saturated heterocycles. The van der Waals surface area contributed by atoms with Crippen molar-refractivity contribution in [2.45, 2.75) is 27.2 Å². The molecule has 3 aromatic rings. The van der Waals surface area contributed by atoms with Gasteiger partial charge in [0.05, 0.1) is 13.7 Å². The first kappa shape index (κ1) is 20.5. The predicted octanol–water partition coefficient (Wildman–Crippen LogP) is 4.90. The van der Waals surface area contributed by atoms with Crippen LogP contribution in [0.2, 0.25) is 0 Å². The van der Waals surface area contributed by atoms with Crippen molar-refractivity contribution in [1.82, 2.24) is 9.97 Å². The van der Waals surface area contributed by atoms with Crippen molar-refractivity contribution in [1.29, 1.82) is 0 Å². The molecule has 3 rings (SSSR count). The van der Waals surface area contributed by atoms with E-state index >= 15 is 0 Å². The van der Waals surface area contributed by atoms with Gasteiger partial charge in [0.15, 0.2) is 0 Å². The lowest BCUT2D eigenvalue weighted by Gasteiger charge is -2.15. The van der Waals surface area contributed by atoms with Crippen molar-refractivity contribution in [2.75, 3.05) is 30.9 Å². The Morgan fingerprint density at radius 3 is 2.38 bits per heavy atom. The number of hydrogen-bond acceptors (Lipinski definition) is 6. The van der Waals surface area contributed by atoms with Crippen molar-refractivity contribution in [3.05, 3.63) is 65.5 Å². The molecule has 0 aliphatic heterocycles. The van der Waals surface area contributed by atoms with Crippen molar-refractivity contribution >= 4 is 17.3 Å². The molecule has 0 bridgehead atoms. The summed E-state index contributed by atoms with van der Waals surface area (Å²) in [6.07, 6.45) is 0.960. The first-order valence-electron chi connectivity index (χ1n) is 9.81. The monoisotopic (exact) mass is 392 g/mol. The summed E-state index contributed by atoms with van der Waals surface area (Å²) < 4.78 is 10.9. The summed E-state index contributed by atoms with van der Waals surface area (Å²) in [5, 5.41) is 6.77. The van der Waals surface area contributed by atoms with Gasteiger partial charge in [0.25, 0.3) is 0 Å². The van der Waals surface area contributed by atoms with Gasteiger partial charge in [-0.15, -0.1) is 0 Å². The van der Waals surface area contributed by atoms with Crippen LogP contribution in [0.4, 0.5) is 17.3 Å². The van der Waals surface area contributed by atoms with Gasteiger partial charge in [-0.2, -0.15) is 0 Å². The molecule has 0 fully saturated rings. The van der Waals surface area contributed by atoms with Crippen LogP contribution in [0.1, 0.15) is 23.9 Å². The van der Waals surface area contributed by atoms with E-state index in [1.165, 1.54) is 11.1 Å². The number of nitrogens with one attached hydrogen (secondary N) is 2. The minimum Gasteiger partial charge on any atom is -0.497 e. The Hall–Kier alpha value is -3.28. The average Bonchev–Trinajstić information content (AvgIpc) is 2.73. The van der Waals surface area contributed by atoms with Gasteiger partial charge in [0.1, 0.15) is 35.6 Å². The molecule has 0 amide bonds.